The molecule has 6 heteroatoms. The van der Waals surface area contributed by atoms with Crippen molar-refractivity contribution in [2.75, 3.05) is 13.7 Å². The molecule has 0 radical (unpaired) electrons. The lowest BCUT2D eigenvalue weighted by atomic mass is 9.86. The number of esters is 1. The van der Waals surface area contributed by atoms with Crippen molar-refractivity contribution in [2.24, 2.45) is 11.7 Å². The van der Waals surface area contributed by atoms with E-state index in [2.05, 4.69) is 10.6 Å². The van der Waals surface area contributed by atoms with Gasteiger partial charge in [-0.1, -0.05) is 6.92 Å². The van der Waals surface area contributed by atoms with Crippen LogP contribution < -0.4 is 16.4 Å². The molecule has 3 atom stereocenters. The number of nitrogens with one attached hydrogen (secondary N) is 2. The fourth-order valence-electron chi connectivity index (χ4n) is 2.73. The first-order valence-corrected chi connectivity index (χ1v) is 7.74. The third-order valence-corrected chi connectivity index (χ3v) is 3.91. The number of amides is 1. The lowest BCUT2D eigenvalue weighted by Crippen LogP contribution is -2.53. The van der Waals surface area contributed by atoms with E-state index in [1.54, 1.807) is 7.05 Å². The minimum atomic E-state index is -0.702. The molecule has 122 valence electrons. The zero-order valence-corrected chi connectivity index (χ0v) is 13.6. The van der Waals surface area contributed by atoms with Crippen molar-refractivity contribution in [3.63, 3.8) is 0 Å². The molecule has 1 aliphatic rings. The molecular weight excluding hydrogens is 270 g/mol. The quantitative estimate of drug-likeness (QED) is 0.512. The highest BCUT2D eigenvalue weighted by Gasteiger charge is 2.40. The summed E-state index contributed by atoms with van der Waals surface area (Å²) < 4.78 is 5.21. The van der Waals surface area contributed by atoms with Gasteiger partial charge in [-0.15, -0.1) is 0 Å². The van der Waals surface area contributed by atoms with E-state index in [1.807, 2.05) is 20.8 Å². The van der Waals surface area contributed by atoms with Gasteiger partial charge >= 0.3 is 5.97 Å². The summed E-state index contributed by atoms with van der Waals surface area (Å²) in [5.41, 5.74) is 4.65. The summed E-state index contributed by atoms with van der Waals surface area (Å²) in [6.45, 7) is 6.09. The van der Waals surface area contributed by atoms with Gasteiger partial charge in [-0.05, 0) is 52.5 Å². The molecule has 0 spiro atoms. The molecule has 1 amide bonds. The highest BCUT2D eigenvalue weighted by Crippen LogP contribution is 2.28. The first-order valence-electron chi connectivity index (χ1n) is 7.74. The predicted molar refractivity (Wildman–Crippen MR) is 81.6 cm³/mol. The second-order valence-electron chi connectivity index (χ2n) is 6.26. The molecule has 4 N–H and O–H groups in total. The molecule has 1 rings (SSSR count). The van der Waals surface area contributed by atoms with Crippen LogP contribution in [-0.4, -0.2) is 43.2 Å². The average molecular weight is 299 g/mol. The zero-order valence-electron chi connectivity index (χ0n) is 13.6. The minimum Gasteiger partial charge on any atom is -0.465 e. The van der Waals surface area contributed by atoms with Crippen molar-refractivity contribution in [3.05, 3.63) is 0 Å². The summed E-state index contributed by atoms with van der Waals surface area (Å²) >= 11 is 0. The van der Waals surface area contributed by atoms with Crippen LogP contribution in [0.5, 0.6) is 0 Å². The van der Waals surface area contributed by atoms with Crippen LogP contribution in [0.2, 0.25) is 0 Å². The Kier molecular flexibility index (Phi) is 6.61. The Hall–Kier alpha value is -1.14. The van der Waals surface area contributed by atoms with Crippen molar-refractivity contribution in [1.82, 2.24) is 10.6 Å². The standard InChI is InChI=1S/C15H29N3O3/c1-5-21-14(20)15(3,18-11-6-7-11)9-10(2)8-12(17-4)13(16)19/h10-12,17-18H,5-9H2,1-4H3,(H2,16,19). The van der Waals surface area contributed by atoms with Gasteiger partial charge in [-0.25, -0.2) is 0 Å². The molecule has 1 aliphatic carbocycles. The van der Waals surface area contributed by atoms with Crippen molar-refractivity contribution < 1.29 is 14.3 Å². The number of carbonyl (C=O) groups is 2. The number of primary amides is 1. The SMILES string of the molecule is CCOC(=O)C(C)(CC(C)CC(NC)C(N)=O)NC1CC1. The van der Waals surface area contributed by atoms with Crippen LogP contribution in [0.1, 0.15) is 46.5 Å². The highest BCUT2D eigenvalue weighted by molar-refractivity contribution is 5.81. The number of carbonyl (C=O) groups excluding carboxylic acids is 2. The Morgan fingerprint density at radius 3 is 2.48 bits per heavy atom. The fourth-order valence-corrected chi connectivity index (χ4v) is 2.73. The van der Waals surface area contributed by atoms with Gasteiger partial charge < -0.3 is 15.8 Å². The van der Waals surface area contributed by atoms with Crippen LogP contribution in [0, 0.1) is 5.92 Å². The largest absolute Gasteiger partial charge is 0.465 e. The van der Waals surface area contributed by atoms with Gasteiger partial charge in [-0.3, -0.25) is 14.9 Å². The van der Waals surface area contributed by atoms with Crippen LogP contribution >= 0.6 is 0 Å². The number of nitrogens with two attached hydrogens (primary N) is 1. The van der Waals surface area contributed by atoms with E-state index >= 15 is 0 Å². The number of likely N-dealkylation sites (N-methyl/N-ethyl adjacent to an activating group) is 1. The maximum atomic E-state index is 12.3. The topological polar surface area (TPSA) is 93.4 Å². The van der Waals surface area contributed by atoms with Gasteiger partial charge in [-0.2, -0.15) is 0 Å². The first kappa shape index (κ1) is 17.9. The molecule has 0 aromatic rings. The molecule has 6 nitrogen and oxygen atoms in total. The summed E-state index contributed by atoms with van der Waals surface area (Å²) in [5.74, 6) is -0.420. The summed E-state index contributed by atoms with van der Waals surface area (Å²) in [6.07, 6.45) is 3.43. The molecule has 0 aromatic carbocycles. The Morgan fingerprint density at radius 1 is 1.43 bits per heavy atom. The van der Waals surface area contributed by atoms with Crippen LogP contribution in [0.4, 0.5) is 0 Å². The van der Waals surface area contributed by atoms with Crippen LogP contribution in [0.25, 0.3) is 0 Å². The molecule has 0 aliphatic heterocycles. The van der Waals surface area contributed by atoms with Crippen LogP contribution in [0.15, 0.2) is 0 Å². The number of hydrogen-bond acceptors (Lipinski definition) is 5. The van der Waals surface area contributed by atoms with E-state index in [-0.39, 0.29) is 23.8 Å². The highest BCUT2D eigenvalue weighted by atomic mass is 16.5. The molecule has 0 aromatic heterocycles. The molecule has 1 fully saturated rings. The van der Waals surface area contributed by atoms with Crippen molar-refractivity contribution in [1.29, 1.82) is 0 Å². The molecular formula is C15H29N3O3. The third kappa shape index (κ3) is 5.63. The monoisotopic (exact) mass is 299 g/mol. The molecule has 0 saturated heterocycles. The number of ether oxygens (including phenoxy) is 1. The van der Waals surface area contributed by atoms with Crippen LogP contribution in [0.3, 0.4) is 0 Å². The maximum absolute atomic E-state index is 12.3. The first-order chi connectivity index (χ1) is 9.82. The number of hydrogen-bond donors (Lipinski definition) is 3. The van der Waals surface area contributed by atoms with E-state index in [0.717, 1.165) is 12.8 Å². The van der Waals surface area contributed by atoms with Gasteiger partial charge in [0.25, 0.3) is 0 Å². The second kappa shape index (κ2) is 7.75. The Bertz CT molecular complexity index is 371. The summed E-state index contributed by atoms with van der Waals surface area (Å²) in [5, 5.41) is 6.31. The van der Waals surface area contributed by atoms with Crippen molar-refractivity contribution in [2.45, 2.75) is 64.1 Å². The molecule has 21 heavy (non-hydrogen) atoms. The molecule has 3 unspecified atom stereocenters. The summed E-state index contributed by atoms with van der Waals surface area (Å²) in [6, 6.07) is 0.0372. The molecule has 1 saturated carbocycles. The predicted octanol–water partition coefficient (Wildman–Crippen LogP) is 0.550. The second-order valence-corrected chi connectivity index (χ2v) is 6.26. The third-order valence-electron chi connectivity index (χ3n) is 3.91. The van der Waals surface area contributed by atoms with Crippen molar-refractivity contribution in [3.8, 4) is 0 Å². The van der Waals surface area contributed by atoms with Crippen molar-refractivity contribution >= 4 is 11.9 Å². The van der Waals surface area contributed by atoms with Gasteiger partial charge in [0, 0.05) is 6.04 Å². The van der Waals surface area contributed by atoms with Crippen LogP contribution in [-0.2, 0) is 14.3 Å². The van der Waals surface area contributed by atoms with E-state index in [9.17, 15) is 9.59 Å². The minimum absolute atomic E-state index is 0.163. The summed E-state index contributed by atoms with van der Waals surface area (Å²) in [7, 11) is 1.72. The van der Waals surface area contributed by atoms with Gasteiger partial charge in [0.15, 0.2) is 0 Å². The fraction of sp³-hybridized carbons (Fsp3) is 0.867. The Morgan fingerprint density at radius 2 is 2.05 bits per heavy atom. The van der Waals surface area contributed by atoms with E-state index in [4.69, 9.17) is 10.5 Å². The Balaban J connectivity index is 2.66. The van der Waals surface area contributed by atoms with E-state index in [1.165, 1.54) is 0 Å². The maximum Gasteiger partial charge on any atom is 0.326 e. The van der Waals surface area contributed by atoms with E-state index < -0.39 is 5.54 Å². The van der Waals surface area contributed by atoms with Gasteiger partial charge in [0.1, 0.15) is 5.54 Å². The van der Waals surface area contributed by atoms with E-state index in [0.29, 0.717) is 25.5 Å². The lowest BCUT2D eigenvalue weighted by molar-refractivity contribution is -0.151. The summed E-state index contributed by atoms with van der Waals surface area (Å²) in [4.78, 5) is 23.6. The average Bonchev–Trinajstić information content (AvgIpc) is 3.19. The zero-order chi connectivity index (χ0) is 16.0. The lowest BCUT2D eigenvalue weighted by Gasteiger charge is -2.32. The van der Waals surface area contributed by atoms with Gasteiger partial charge in [0.05, 0.1) is 12.6 Å². The molecule has 0 heterocycles. The van der Waals surface area contributed by atoms with Gasteiger partial charge in [0.2, 0.25) is 5.91 Å². The molecule has 0 bridgehead atoms. The smallest absolute Gasteiger partial charge is 0.326 e. The normalized spacial score (nSPS) is 20.4. The Labute approximate surface area is 127 Å². The number of rotatable bonds is 10.